The fraction of sp³-hybridized carbons (Fsp3) is 0. The third-order valence-corrected chi connectivity index (χ3v) is 0. The minimum atomic E-state index is -1.75. The molecule has 7 nitrogen and oxygen atoms in total. The summed E-state index contributed by atoms with van der Waals surface area (Å²) >= 11 is -1.75. The van der Waals surface area contributed by atoms with Crippen molar-refractivity contribution >= 4 is 29.1 Å². The van der Waals surface area contributed by atoms with Gasteiger partial charge in [0.25, 0.3) is 0 Å². The molecule has 11 heteroatoms. The summed E-state index contributed by atoms with van der Waals surface area (Å²) in [5, 5.41) is 0. The van der Waals surface area contributed by atoms with Crippen LogP contribution >= 0.6 is 29.1 Å². The first-order chi connectivity index (χ1) is 2.73. The Morgan fingerprint density at radius 1 is 0.727 bits per heavy atom. The summed E-state index contributed by atoms with van der Waals surface area (Å²) in [4.78, 5) is 7.25. The van der Waals surface area contributed by atoms with Crippen LogP contribution in [0, 0.1) is 4.91 Å². The van der Waals surface area contributed by atoms with Crippen LogP contribution < -0.4 is 0 Å². The molecule has 0 saturated carbocycles. The molecule has 10 N–H and O–H groups in total. The van der Waals surface area contributed by atoms with Gasteiger partial charge in [-0.05, 0) is 0 Å². The number of hydrogen-bond donors (Lipinski definition) is 0. The predicted molar refractivity (Wildman–Crippen MR) is 42.4 cm³/mol. The SMILES string of the molecule is O.O.O.O.O.[Cl][Ru-]([Cl])[Cl].[N-]=O. The van der Waals surface area contributed by atoms with Crippen LogP contribution in [0.3, 0.4) is 0 Å². The van der Waals surface area contributed by atoms with Crippen LogP contribution in [-0.2, 0) is 13.0 Å². The van der Waals surface area contributed by atoms with Gasteiger partial charge < -0.3 is 37.9 Å². The smallest absolute Gasteiger partial charge is 0.423 e. The van der Waals surface area contributed by atoms with Gasteiger partial charge in [0.2, 0.25) is 0 Å². The van der Waals surface area contributed by atoms with E-state index in [0.29, 0.717) is 0 Å². The van der Waals surface area contributed by atoms with Gasteiger partial charge in [0.05, 0.1) is 0 Å². The van der Waals surface area contributed by atoms with Crippen molar-refractivity contribution in [1.29, 1.82) is 0 Å². The fourth-order valence-corrected chi connectivity index (χ4v) is 0. The monoisotopic (exact) mass is 327 g/mol. The van der Waals surface area contributed by atoms with E-state index in [1.165, 1.54) is 0 Å². The van der Waals surface area contributed by atoms with Crippen molar-refractivity contribution in [1.82, 2.24) is 0 Å². The van der Waals surface area contributed by atoms with E-state index >= 15 is 0 Å². The summed E-state index contributed by atoms with van der Waals surface area (Å²) in [6.07, 6.45) is 0. The average molecular weight is 328 g/mol. The number of nitroso groups, excluding NO2 is 1. The Morgan fingerprint density at radius 3 is 0.727 bits per heavy atom. The number of nitrogens with zero attached hydrogens (tertiary/aromatic N) is 1. The summed E-state index contributed by atoms with van der Waals surface area (Å²) in [6, 6.07) is 0. The summed E-state index contributed by atoms with van der Waals surface area (Å²) < 4.78 is 0. The molecule has 0 aliphatic rings. The molecule has 0 radical (unpaired) electrons. The predicted octanol–water partition coefficient (Wildman–Crippen LogP) is -1.74. The van der Waals surface area contributed by atoms with Gasteiger partial charge in [-0.3, -0.25) is 0 Å². The molecule has 82 valence electrons. The Bertz CT molecular complexity index is 29.0. The van der Waals surface area contributed by atoms with E-state index in [9.17, 15) is 0 Å². The standard InChI is InChI=1S/3ClH.NO.5H2O.Ru/c;;;1-2;;;;;;/h3*1H;;5*1H2;/q;;;-1;;;;;;+2/p-3. The molecule has 0 aliphatic heterocycles. The van der Waals surface area contributed by atoms with Crippen LogP contribution in [-0.4, -0.2) is 27.4 Å². The Balaban J connectivity index is -0.00000000432. The first-order valence-electron chi connectivity index (χ1n) is 0.583. The third kappa shape index (κ3) is 1080. The quantitative estimate of drug-likeness (QED) is 0.468. The van der Waals surface area contributed by atoms with Crippen molar-refractivity contribution in [2.45, 2.75) is 0 Å². The molecule has 0 aromatic carbocycles. The molecular formula is H10Cl3NO6Ru-2. The molecule has 0 aromatic rings. The fourth-order valence-electron chi connectivity index (χ4n) is 0. The topological polar surface area (TPSA) is 197 Å². The van der Waals surface area contributed by atoms with Gasteiger partial charge in [0.1, 0.15) is 0 Å². The molecule has 0 bridgehead atoms. The van der Waals surface area contributed by atoms with E-state index in [1.54, 1.807) is 0 Å². The van der Waals surface area contributed by atoms with Crippen molar-refractivity contribution in [3.63, 3.8) is 0 Å². The Labute approximate surface area is 80.0 Å². The molecule has 0 aromatic heterocycles. The van der Waals surface area contributed by atoms with Gasteiger partial charge in [-0.25, -0.2) is 0 Å². The Hall–Kier alpha value is 0.893. The Kier molecular flexibility index (Phi) is 377. The average Bonchev–Trinajstić information content (AvgIpc) is 1.41. The second kappa shape index (κ2) is 70.3. The Morgan fingerprint density at radius 2 is 0.727 bits per heavy atom. The zero-order chi connectivity index (χ0) is 5.58. The van der Waals surface area contributed by atoms with Gasteiger partial charge in [-0.1, -0.05) is 0 Å². The second-order valence-corrected chi connectivity index (χ2v) is 8.07. The summed E-state index contributed by atoms with van der Waals surface area (Å²) in [5.41, 5.74) is 5.75. The zero-order valence-electron chi connectivity index (χ0n) is 4.84. The minimum absolute atomic E-state index is 0. The van der Waals surface area contributed by atoms with Crippen LogP contribution in [0.5, 0.6) is 0 Å². The van der Waals surface area contributed by atoms with E-state index in [-0.39, 0.29) is 27.4 Å². The van der Waals surface area contributed by atoms with E-state index in [1.807, 2.05) is 0 Å². The molecule has 11 heavy (non-hydrogen) atoms. The van der Waals surface area contributed by atoms with E-state index < -0.39 is 13.0 Å². The van der Waals surface area contributed by atoms with Crippen LogP contribution in [0.15, 0.2) is 0 Å². The molecule has 0 amide bonds. The largest absolute Gasteiger partial charge is 0.577 e. The summed E-state index contributed by atoms with van der Waals surface area (Å²) in [5.74, 6) is 0. The van der Waals surface area contributed by atoms with E-state index in [2.05, 4.69) is 0 Å². The molecule has 0 saturated heterocycles. The summed E-state index contributed by atoms with van der Waals surface area (Å²) in [6.45, 7) is 0. The van der Waals surface area contributed by atoms with Crippen LogP contribution in [0.1, 0.15) is 0 Å². The molecule has 0 unspecified atom stereocenters. The van der Waals surface area contributed by atoms with E-state index in [0.717, 1.165) is 0 Å². The van der Waals surface area contributed by atoms with Gasteiger partial charge in [0.15, 0.2) is 0 Å². The van der Waals surface area contributed by atoms with Crippen molar-refractivity contribution in [2.75, 3.05) is 0 Å². The van der Waals surface area contributed by atoms with Gasteiger partial charge >= 0.3 is 42.1 Å². The van der Waals surface area contributed by atoms with Gasteiger partial charge in [-0.2, -0.15) is 0 Å². The van der Waals surface area contributed by atoms with Crippen molar-refractivity contribution in [3.8, 4) is 0 Å². The first-order valence-corrected chi connectivity index (χ1v) is 7.30. The second-order valence-electron chi connectivity index (χ2n) is 0.152. The maximum absolute atomic E-state index is 7.25. The van der Waals surface area contributed by atoms with Crippen molar-refractivity contribution in [2.24, 2.45) is 0 Å². The van der Waals surface area contributed by atoms with Crippen LogP contribution in [0.4, 0.5) is 0 Å². The molecule has 0 heterocycles. The number of rotatable bonds is 0. The first kappa shape index (κ1) is 58.9. The molecule has 0 rings (SSSR count). The molecule has 0 fully saturated rings. The normalized spacial score (nSPS) is 4.45. The van der Waals surface area contributed by atoms with Crippen molar-refractivity contribution in [3.05, 3.63) is 10.5 Å². The molecule has 0 atom stereocenters. The molecule has 0 spiro atoms. The third-order valence-electron chi connectivity index (χ3n) is 0. The van der Waals surface area contributed by atoms with Gasteiger partial charge in [-0.15, -0.1) is 0 Å². The minimum Gasteiger partial charge on any atom is -0.577 e. The van der Waals surface area contributed by atoms with Crippen LogP contribution in [0.2, 0.25) is 0 Å². The van der Waals surface area contributed by atoms with Crippen LogP contribution in [0.25, 0.3) is 5.59 Å². The maximum Gasteiger partial charge on any atom is -0.423 e. The van der Waals surface area contributed by atoms with E-state index in [4.69, 9.17) is 39.6 Å². The van der Waals surface area contributed by atoms with Crippen molar-refractivity contribution < 1.29 is 40.4 Å². The zero-order valence-corrected chi connectivity index (χ0v) is 8.85. The summed E-state index contributed by atoms with van der Waals surface area (Å²) in [7, 11) is 14.8. The maximum atomic E-state index is 7.25. The molecular weight excluding hydrogens is 317 g/mol. The number of halogens is 3. The number of hydrogen-bond acceptors (Lipinski definition) is 1. The molecule has 0 aliphatic carbocycles. The van der Waals surface area contributed by atoms with Gasteiger partial charge in [0, 0.05) is 0 Å².